The van der Waals surface area contributed by atoms with Gasteiger partial charge in [0.25, 0.3) is 5.91 Å². The Hall–Kier alpha value is -2.69. The summed E-state index contributed by atoms with van der Waals surface area (Å²) in [5, 5.41) is 2.35. The summed E-state index contributed by atoms with van der Waals surface area (Å²) < 4.78 is 18.3. The molecule has 0 aromatic heterocycles. The van der Waals surface area contributed by atoms with E-state index in [9.17, 15) is 14.0 Å². The molecule has 0 fully saturated rings. The summed E-state index contributed by atoms with van der Waals surface area (Å²) in [7, 11) is 0. The Morgan fingerprint density at radius 1 is 1.09 bits per heavy atom. The van der Waals surface area contributed by atoms with Crippen LogP contribution in [0.5, 0.6) is 0 Å². The lowest BCUT2D eigenvalue weighted by atomic mass is 10.0. The van der Waals surface area contributed by atoms with Crippen molar-refractivity contribution >= 4 is 17.6 Å². The third-order valence-corrected chi connectivity index (χ3v) is 3.30. The van der Waals surface area contributed by atoms with E-state index in [2.05, 4.69) is 19.2 Å². The third kappa shape index (κ3) is 4.64. The minimum atomic E-state index is -0.595. The van der Waals surface area contributed by atoms with Gasteiger partial charge in [0.1, 0.15) is 5.82 Å². The van der Waals surface area contributed by atoms with Crippen molar-refractivity contribution in [1.82, 2.24) is 0 Å². The first kappa shape index (κ1) is 16.7. The van der Waals surface area contributed by atoms with Crippen LogP contribution in [0.25, 0.3) is 0 Å². The molecule has 0 bridgehead atoms. The molecule has 2 aromatic carbocycles. The lowest BCUT2D eigenvalue weighted by Gasteiger charge is -2.08. The number of carbonyl (C=O) groups is 2. The number of carbonyl (C=O) groups excluding carboxylic acids is 2. The second-order valence-electron chi connectivity index (χ2n) is 5.38. The van der Waals surface area contributed by atoms with Gasteiger partial charge in [-0.15, -0.1) is 0 Å². The van der Waals surface area contributed by atoms with E-state index in [4.69, 9.17) is 4.74 Å². The molecule has 0 saturated carbocycles. The molecule has 4 nitrogen and oxygen atoms in total. The van der Waals surface area contributed by atoms with Crippen molar-refractivity contribution in [2.45, 2.75) is 19.8 Å². The Bertz CT molecular complexity index is 696. The molecule has 2 aromatic rings. The second kappa shape index (κ2) is 7.54. The maximum Gasteiger partial charge on any atom is 0.338 e. The number of nitrogens with one attached hydrogen (secondary N) is 1. The van der Waals surface area contributed by atoms with Crippen LogP contribution in [0.1, 0.15) is 35.7 Å². The zero-order valence-electron chi connectivity index (χ0n) is 13.0. The van der Waals surface area contributed by atoms with Crippen LogP contribution in [0.2, 0.25) is 0 Å². The van der Waals surface area contributed by atoms with E-state index in [0.717, 1.165) is 5.56 Å². The minimum absolute atomic E-state index is 0.0508. The number of anilines is 1. The van der Waals surface area contributed by atoms with Crippen molar-refractivity contribution in [2.24, 2.45) is 0 Å². The third-order valence-electron chi connectivity index (χ3n) is 3.30. The van der Waals surface area contributed by atoms with E-state index in [1.807, 2.05) is 12.1 Å². The molecule has 1 N–H and O–H groups in total. The quantitative estimate of drug-likeness (QED) is 0.855. The SMILES string of the molecule is CC(C)c1ccc(C(=O)OCC(=O)Nc2ccccc2F)cc1. The zero-order chi connectivity index (χ0) is 16.8. The Labute approximate surface area is 134 Å². The Morgan fingerprint density at radius 2 is 1.74 bits per heavy atom. The van der Waals surface area contributed by atoms with Crippen molar-refractivity contribution in [1.29, 1.82) is 0 Å². The lowest BCUT2D eigenvalue weighted by Crippen LogP contribution is -2.21. The standard InChI is InChI=1S/C18H18FNO3/c1-12(2)13-7-9-14(10-8-13)18(22)23-11-17(21)20-16-6-4-3-5-15(16)19/h3-10,12H,11H2,1-2H3,(H,20,21). The molecule has 0 aliphatic carbocycles. The van der Waals surface area contributed by atoms with E-state index in [1.165, 1.54) is 18.2 Å². The molecule has 5 heteroatoms. The summed E-state index contributed by atoms with van der Waals surface area (Å²) in [5.74, 6) is -1.37. The average Bonchev–Trinajstić information content (AvgIpc) is 2.55. The van der Waals surface area contributed by atoms with Gasteiger partial charge in [0, 0.05) is 0 Å². The van der Waals surface area contributed by atoms with E-state index >= 15 is 0 Å². The van der Waals surface area contributed by atoms with Gasteiger partial charge in [-0.25, -0.2) is 9.18 Å². The van der Waals surface area contributed by atoms with Crippen LogP contribution in [-0.4, -0.2) is 18.5 Å². The van der Waals surface area contributed by atoms with Gasteiger partial charge in [0.15, 0.2) is 6.61 Å². The van der Waals surface area contributed by atoms with Crippen molar-refractivity contribution in [2.75, 3.05) is 11.9 Å². The number of para-hydroxylation sites is 1. The number of esters is 1. The first-order chi connectivity index (χ1) is 11.0. The maximum absolute atomic E-state index is 13.4. The van der Waals surface area contributed by atoms with Gasteiger partial charge in [-0.3, -0.25) is 4.79 Å². The predicted octanol–water partition coefficient (Wildman–Crippen LogP) is 3.74. The van der Waals surface area contributed by atoms with Crippen LogP contribution in [0.4, 0.5) is 10.1 Å². The summed E-state index contributed by atoms with van der Waals surface area (Å²) in [6.07, 6.45) is 0. The summed E-state index contributed by atoms with van der Waals surface area (Å²) in [5.41, 5.74) is 1.53. The second-order valence-corrected chi connectivity index (χ2v) is 5.38. The fourth-order valence-electron chi connectivity index (χ4n) is 1.97. The summed E-state index contributed by atoms with van der Waals surface area (Å²) in [6.45, 7) is 3.64. The molecule has 0 atom stereocenters. The van der Waals surface area contributed by atoms with Crippen LogP contribution in [0.3, 0.4) is 0 Å². The molecule has 0 heterocycles. The fourth-order valence-corrected chi connectivity index (χ4v) is 1.97. The number of benzene rings is 2. The van der Waals surface area contributed by atoms with E-state index in [1.54, 1.807) is 18.2 Å². The van der Waals surface area contributed by atoms with Gasteiger partial charge >= 0.3 is 5.97 Å². The number of rotatable bonds is 5. The van der Waals surface area contributed by atoms with Gasteiger partial charge in [0.2, 0.25) is 0 Å². The van der Waals surface area contributed by atoms with Crippen molar-refractivity contribution < 1.29 is 18.7 Å². The summed E-state index contributed by atoms with van der Waals surface area (Å²) in [6, 6.07) is 12.8. The summed E-state index contributed by atoms with van der Waals surface area (Å²) >= 11 is 0. The normalized spacial score (nSPS) is 10.4. The smallest absolute Gasteiger partial charge is 0.338 e. The maximum atomic E-state index is 13.4. The molecule has 2 rings (SSSR count). The Kier molecular flexibility index (Phi) is 5.46. The number of hydrogen-bond acceptors (Lipinski definition) is 3. The van der Waals surface area contributed by atoms with Gasteiger partial charge in [0.05, 0.1) is 11.3 Å². The Morgan fingerprint density at radius 3 is 2.35 bits per heavy atom. The molecule has 0 spiro atoms. The number of amides is 1. The highest BCUT2D eigenvalue weighted by Crippen LogP contribution is 2.15. The van der Waals surface area contributed by atoms with E-state index < -0.39 is 24.3 Å². The molecular formula is C18H18FNO3. The molecule has 0 unspecified atom stereocenters. The van der Waals surface area contributed by atoms with E-state index in [0.29, 0.717) is 11.5 Å². The van der Waals surface area contributed by atoms with Crippen LogP contribution in [0, 0.1) is 5.82 Å². The number of ether oxygens (including phenoxy) is 1. The van der Waals surface area contributed by atoms with E-state index in [-0.39, 0.29) is 5.69 Å². The van der Waals surface area contributed by atoms with Gasteiger partial charge in [-0.2, -0.15) is 0 Å². The summed E-state index contributed by atoms with van der Waals surface area (Å²) in [4.78, 5) is 23.6. The first-order valence-electron chi connectivity index (χ1n) is 7.29. The Balaban J connectivity index is 1.88. The molecular weight excluding hydrogens is 297 g/mol. The van der Waals surface area contributed by atoms with Crippen LogP contribution in [0.15, 0.2) is 48.5 Å². The monoisotopic (exact) mass is 315 g/mol. The minimum Gasteiger partial charge on any atom is -0.452 e. The first-order valence-corrected chi connectivity index (χ1v) is 7.29. The average molecular weight is 315 g/mol. The number of halogens is 1. The molecule has 23 heavy (non-hydrogen) atoms. The van der Waals surface area contributed by atoms with Crippen molar-refractivity contribution in [3.8, 4) is 0 Å². The van der Waals surface area contributed by atoms with Crippen molar-refractivity contribution in [3.63, 3.8) is 0 Å². The van der Waals surface area contributed by atoms with Gasteiger partial charge < -0.3 is 10.1 Å². The molecule has 0 aliphatic rings. The highest BCUT2D eigenvalue weighted by Gasteiger charge is 2.12. The molecule has 120 valence electrons. The van der Waals surface area contributed by atoms with Crippen LogP contribution in [-0.2, 0) is 9.53 Å². The molecule has 0 radical (unpaired) electrons. The van der Waals surface area contributed by atoms with Crippen molar-refractivity contribution in [3.05, 3.63) is 65.5 Å². The van der Waals surface area contributed by atoms with Crippen LogP contribution >= 0.6 is 0 Å². The predicted molar refractivity (Wildman–Crippen MR) is 85.8 cm³/mol. The zero-order valence-corrected chi connectivity index (χ0v) is 13.0. The van der Waals surface area contributed by atoms with Gasteiger partial charge in [-0.1, -0.05) is 38.1 Å². The topological polar surface area (TPSA) is 55.4 Å². The highest BCUT2D eigenvalue weighted by atomic mass is 19.1. The molecule has 0 saturated heterocycles. The fraction of sp³-hybridized carbons (Fsp3) is 0.222. The largest absolute Gasteiger partial charge is 0.452 e. The molecule has 0 aliphatic heterocycles. The van der Waals surface area contributed by atoms with Crippen LogP contribution < -0.4 is 5.32 Å². The highest BCUT2D eigenvalue weighted by molar-refractivity contribution is 5.95. The van der Waals surface area contributed by atoms with Gasteiger partial charge in [-0.05, 0) is 35.7 Å². The lowest BCUT2D eigenvalue weighted by molar-refractivity contribution is -0.119. The molecule has 1 amide bonds. The number of hydrogen-bond donors (Lipinski definition) is 1.